The zero-order valence-electron chi connectivity index (χ0n) is 25.2. The lowest BCUT2D eigenvalue weighted by Gasteiger charge is -2.31. The summed E-state index contributed by atoms with van der Waals surface area (Å²) in [7, 11) is 0.731. The van der Waals surface area contributed by atoms with Crippen molar-refractivity contribution < 1.29 is 13.0 Å². The van der Waals surface area contributed by atoms with Crippen LogP contribution in [0, 0.1) is 5.41 Å². The van der Waals surface area contributed by atoms with E-state index in [0.717, 1.165) is 41.2 Å². The number of allylic oxidation sites excluding steroid dienone is 8. The van der Waals surface area contributed by atoms with Crippen LogP contribution in [0.3, 0.4) is 0 Å². The highest BCUT2D eigenvalue weighted by atomic mass is 32.2. The van der Waals surface area contributed by atoms with Crippen LogP contribution in [0.4, 0.5) is 5.69 Å². The SMILES string of the molecule is CCN1C(=CC2=CC(=CC=CC=Cc3sc4ccc(S(C)=O)cc4[n+]3CC)CC(C)(C)C2)Sc2ccc(SOC)cc21. The maximum absolute atomic E-state index is 12.0. The minimum Gasteiger partial charge on any atom is -0.335 e. The second-order valence-electron chi connectivity index (χ2n) is 11.2. The number of benzene rings is 2. The van der Waals surface area contributed by atoms with Gasteiger partial charge in [0.1, 0.15) is 11.2 Å². The molecule has 8 heteroatoms. The Balaban J connectivity index is 1.34. The molecular formula is C34H39N2O2S4+. The average molecular weight is 636 g/mol. The normalized spacial score (nSPS) is 19.5. The summed E-state index contributed by atoms with van der Waals surface area (Å²) in [6, 6.07) is 12.7. The highest BCUT2D eigenvalue weighted by Gasteiger charge is 2.28. The lowest BCUT2D eigenvalue weighted by atomic mass is 9.75. The first-order valence-corrected chi connectivity index (χ1v) is 18.2. The molecule has 1 unspecified atom stereocenters. The van der Waals surface area contributed by atoms with E-state index in [-0.39, 0.29) is 5.41 Å². The first-order valence-electron chi connectivity index (χ1n) is 14.3. The average Bonchev–Trinajstić information content (AvgIpc) is 3.47. The second kappa shape index (κ2) is 13.5. The molecule has 1 aliphatic carbocycles. The Bertz CT molecular complexity index is 1660. The van der Waals surface area contributed by atoms with Crippen LogP contribution >= 0.6 is 35.1 Å². The number of hydrogen-bond donors (Lipinski definition) is 0. The van der Waals surface area contributed by atoms with Gasteiger partial charge in [-0.05, 0) is 79.7 Å². The number of nitrogens with zero attached hydrogens (tertiary/aromatic N) is 2. The highest BCUT2D eigenvalue weighted by molar-refractivity contribution is 8.03. The summed E-state index contributed by atoms with van der Waals surface area (Å²) in [5, 5.41) is 2.48. The number of thiazole rings is 1. The van der Waals surface area contributed by atoms with Crippen LogP contribution in [-0.2, 0) is 21.5 Å². The topological polar surface area (TPSA) is 33.4 Å². The first-order chi connectivity index (χ1) is 20.2. The van der Waals surface area contributed by atoms with Crippen molar-refractivity contribution in [2.45, 2.75) is 61.8 Å². The zero-order valence-corrected chi connectivity index (χ0v) is 28.4. The maximum atomic E-state index is 12.0. The van der Waals surface area contributed by atoms with Crippen LogP contribution in [-0.4, -0.2) is 24.1 Å². The minimum atomic E-state index is -0.981. The van der Waals surface area contributed by atoms with Gasteiger partial charge in [0.05, 0.1) is 28.6 Å². The number of aryl methyl sites for hydroxylation is 1. The Morgan fingerprint density at radius 2 is 1.95 bits per heavy atom. The van der Waals surface area contributed by atoms with Gasteiger partial charge in [-0.2, -0.15) is 4.57 Å². The van der Waals surface area contributed by atoms with Crippen molar-refractivity contribution in [3.05, 3.63) is 94.0 Å². The molecule has 2 heterocycles. The lowest BCUT2D eigenvalue weighted by molar-refractivity contribution is -0.665. The van der Waals surface area contributed by atoms with Gasteiger partial charge in [-0.3, -0.25) is 4.21 Å². The molecule has 0 bridgehead atoms. The van der Waals surface area contributed by atoms with Crippen molar-refractivity contribution >= 4 is 67.9 Å². The molecule has 0 fully saturated rings. The summed E-state index contributed by atoms with van der Waals surface area (Å²) in [4.78, 5) is 5.71. The van der Waals surface area contributed by atoms with E-state index in [9.17, 15) is 4.21 Å². The largest absolute Gasteiger partial charge is 0.335 e. The number of anilines is 1. The fourth-order valence-corrected chi connectivity index (χ4v) is 8.94. The molecule has 1 aliphatic heterocycles. The standard InChI is InChI=1S/C34H39N2O2S4/c1-7-35-29-21-27(42(6)37)15-17-31(29)39-32(35)13-11-9-10-12-24-18-25(23-34(3,4)22-24)19-33-36(8-2)28-20-26(41-38-5)14-16-30(28)40-33/h9-21H,7-8,22-23H2,1-6H3/q+1. The fraction of sp³-hybridized carbons (Fsp3) is 0.324. The molecule has 2 aromatic carbocycles. The Hall–Kier alpha value is -2.36. The van der Waals surface area contributed by atoms with Crippen LogP contribution in [0.5, 0.6) is 0 Å². The highest BCUT2D eigenvalue weighted by Crippen LogP contribution is 2.48. The molecule has 0 saturated carbocycles. The molecule has 1 atom stereocenters. The van der Waals surface area contributed by atoms with Crippen LogP contribution in [0.25, 0.3) is 16.3 Å². The van der Waals surface area contributed by atoms with Gasteiger partial charge in [-0.25, -0.2) is 0 Å². The molecule has 3 aromatic rings. The van der Waals surface area contributed by atoms with Crippen molar-refractivity contribution in [2.75, 3.05) is 24.8 Å². The fourth-order valence-electron chi connectivity index (χ4n) is 5.62. The molecule has 0 amide bonds. The molecule has 4 nitrogen and oxygen atoms in total. The third-order valence-corrected chi connectivity index (χ3v) is 11.1. The molecule has 5 rings (SSSR count). The molecule has 0 N–H and O–H groups in total. The van der Waals surface area contributed by atoms with Crippen LogP contribution in [0.2, 0.25) is 0 Å². The zero-order chi connectivity index (χ0) is 29.9. The second-order valence-corrected chi connectivity index (χ2v) is 15.7. The number of aromatic nitrogens is 1. The maximum Gasteiger partial charge on any atom is 0.262 e. The summed E-state index contributed by atoms with van der Waals surface area (Å²) in [6.45, 7) is 10.9. The van der Waals surface area contributed by atoms with Crippen molar-refractivity contribution in [1.29, 1.82) is 0 Å². The monoisotopic (exact) mass is 635 g/mol. The summed E-state index contributed by atoms with van der Waals surface area (Å²) in [6.07, 6.45) is 19.4. The predicted molar refractivity (Wildman–Crippen MR) is 184 cm³/mol. The number of fused-ring (bicyclic) bond motifs is 2. The van der Waals surface area contributed by atoms with E-state index in [2.05, 4.69) is 110 Å². The molecule has 220 valence electrons. The van der Waals surface area contributed by atoms with Crippen LogP contribution < -0.4 is 9.47 Å². The van der Waals surface area contributed by atoms with Gasteiger partial charge in [-0.1, -0.05) is 67.3 Å². The van der Waals surface area contributed by atoms with Gasteiger partial charge < -0.3 is 9.08 Å². The molecule has 0 spiro atoms. The van der Waals surface area contributed by atoms with Crippen LogP contribution in [0.1, 0.15) is 45.5 Å². The summed E-state index contributed by atoms with van der Waals surface area (Å²) < 4.78 is 20.8. The third-order valence-electron chi connectivity index (χ3n) is 7.36. The van der Waals surface area contributed by atoms with E-state index in [4.69, 9.17) is 4.18 Å². The van der Waals surface area contributed by atoms with Gasteiger partial charge in [-0.15, -0.1) is 0 Å². The van der Waals surface area contributed by atoms with Gasteiger partial charge in [0.25, 0.3) is 5.01 Å². The van der Waals surface area contributed by atoms with Gasteiger partial charge >= 0.3 is 0 Å². The third kappa shape index (κ3) is 7.05. The molecule has 42 heavy (non-hydrogen) atoms. The smallest absolute Gasteiger partial charge is 0.262 e. The van der Waals surface area contributed by atoms with E-state index in [1.54, 1.807) is 24.7 Å². The summed E-state index contributed by atoms with van der Waals surface area (Å²) in [5.41, 5.74) is 5.35. The quantitative estimate of drug-likeness (QED) is 0.133. The number of thioether (sulfide) groups is 1. The number of rotatable bonds is 9. The molecule has 0 radical (unpaired) electrons. The van der Waals surface area contributed by atoms with E-state index in [0.29, 0.717) is 0 Å². The minimum absolute atomic E-state index is 0.205. The first kappa shape index (κ1) is 31.1. The number of hydrogen-bond acceptors (Lipinski definition) is 6. The van der Waals surface area contributed by atoms with E-state index in [1.807, 2.05) is 17.8 Å². The Morgan fingerprint density at radius 3 is 2.69 bits per heavy atom. The van der Waals surface area contributed by atoms with Crippen molar-refractivity contribution in [3.8, 4) is 0 Å². The molecule has 2 aliphatic rings. The van der Waals surface area contributed by atoms with E-state index >= 15 is 0 Å². The van der Waals surface area contributed by atoms with E-state index < -0.39 is 10.8 Å². The molecule has 0 saturated heterocycles. The van der Waals surface area contributed by atoms with E-state index in [1.165, 1.54) is 48.5 Å². The molecule has 1 aromatic heterocycles. The Morgan fingerprint density at radius 1 is 1.12 bits per heavy atom. The summed E-state index contributed by atoms with van der Waals surface area (Å²) >= 11 is 5.03. The van der Waals surface area contributed by atoms with Crippen molar-refractivity contribution in [3.63, 3.8) is 0 Å². The summed E-state index contributed by atoms with van der Waals surface area (Å²) in [5.74, 6) is 0. The van der Waals surface area contributed by atoms with Gasteiger partial charge in [0.15, 0.2) is 0 Å². The van der Waals surface area contributed by atoms with Gasteiger partial charge in [0, 0.05) is 51.7 Å². The molecular weight excluding hydrogens is 597 g/mol. The Kier molecular flexibility index (Phi) is 10.0. The lowest BCUT2D eigenvalue weighted by Crippen LogP contribution is -2.33. The Labute approximate surface area is 265 Å². The van der Waals surface area contributed by atoms with Crippen LogP contribution in [0.15, 0.2) is 104 Å². The van der Waals surface area contributed by atoms with Crippen molar-refractivity contribution in [2.24, 2.45) is 5.41 Å². The van der Waals surface area contributed by atoms with Crippen molar-refractivity contribution in [1.82, 2.24) is 0 Å². The predicted octanol–water partition coefficient (Wildman–Crippen LogP) is 9.32. The van der Waals surface area contributed by atoms with Gasteiger partial charge in [0.2, 0.25) is 5.52 Å².